The van der Waals surface area contributed by atoms with E-state index in [2.05, 4.69) is 24.3 Å². The first-order valence-corrected chi connectivity index (χ1v) is 7.74. The second-order valence-electron chi connectivity index (χ2n) is 4.38. The van der Waals surface area contributed by atoms with Crippen LogP contribution in [0.3, 0.4) is 0 Å². The van der Waals surface area contributed by atoms with Crippen LogP contribution in [-0.2, 0) is 12.8 Å². The predicted octanol–water partition coefficient (Wildman–Crippen LogP) is 4.14. The zero-order chi connectivity index (χ0) is 10.5. The lowest BCUT2D eigenvalue weighted by Crippen LogP contribution is -1.91. The quantitative estimate of drug-likeness (QED) is 0.683. The summed E-state index contributed by atoms with van der Waals surface area (Å²) in [5, 5.41) is 3.03. The van der Waals surface area contributed by atoms with Crippen molar-refractivity contribution in [2.45, 2.75) is 22.6 Å². The Morgan fingerprint density at radius 1 is 0.750 bits per heavy atom. The summed E-state index contributed by atoms with van der Waals surface area (Å²) < 4.78 is 0. The van der Waals surface area contributed by atoms with Crippen LogP contribution in [0, 0.1) is 0 Å². The van der Waals surface area contributed by atoms with Gasteiger partial charge in [-0.3, -0.25) is 0 Å². The molecule has 0 bridgehead atoms. The van der Waals surface area contributed by atoms with Crippen LogP contribution in [0.4, 0.5) is 0 Å². The van der Waals surface area contributed by atoms with E-state index in [4.69, 9.17) is 0 Å². The van der Waals surface area contributed by atoms with Crippen molar-refractivity contribution in [3.8, 4) is 0 Å². The van der Waals surface area contributed by atoms with Crippen molar-refractivity contribution in [2.24, 2.45) is 0 Å². The van der Waals surface area contributed by atoms with Gasteiger partial charge in [0.15, 0.2) is 0 Å². The average Bonchev–Trinajstić information content (AvgIpc) is 2.96. The van der Waals surface area contributed by atoms with Gasteiger partial charge in [-0.15, -0.1) is 23.5 Å². The monoisotopic (exact) mass is 244 g/mol. The van der Waals surface area contributed by atoms with Gasteiger partial charge in [0.1, 0.15) is 0 Å². The van der Waals surface area contributed by atoms with E-state index in [1.807, 2.05) is 23.5 Å². The fourth-order valence-corrected chi connectivity index (χ4v) is 4.96. The lowest BCUT2D eigenvalue weighted by molar-refractivity contribution is 1.13. The average molecular weight is 244 g/mol. The molecule has 0 atom stereocenters. The van der Waals surface area contributed by atoms with Crippen LogP contribution < -0.4 is 0 Å². The number of rotatable bonds is 0. The molecule has 4 rings (SSSR count). The van der Waals surface area contributed by atoms with Crippen LogP contribution in [0.2, 0.25) is 0 Å². The minimum absolute atomic E-state index is 1.26. The zero-order valence-electron chi connectivity index (χ0n) is 8.95. The van der Waals surface area contributed by atoms with Crippen LogP contribution in [0.1, 0.15) is 11.1 Å². The third kappa shape index (κ3) is 1.20. The maximum atomic E-state index is 2.31. The van der Waals surface area contributed by atoms with Crippen molar-refractivity contribution in [1.29, 1.82) is 0 Å². The van der Waals surface area contributed by atoms with Crippen molar-refractivity contribution in [3.63, 3.8) is 0 Å². The molecule has 0 saturated carbocycles. The molecule has 2 heterocycles. The van der Waals surface area contributed by atoms with Gasteiger partial charge in [-0.2, -0.15) is 0 Å². The van der Waals surface area contributed by atoms with Crippen molar-refractivity contribution < 1.29 is 0 Å². The Labute approximate surface area is 104 Å². The molecule has 2 aromatic carbocycles. The largest absolute Gasteiger partial charge is 0.126 e. The molecule has 2 aromatic rings. The molecule has 0 N–H and O–H groups in total. The number of hydrogen-bond donors (Lipinski definition) is 0. The van der Waals surface area contributed by atoms with E-state index in [9.17, 15) is 0 Å². The summed E-state index contributed by atoms with van der Waals surface area (Å²) in [6.07, 6.45) is 2.52. The Hall–Kier alpha value is -0.600. The van der Waals surface area contributed by atoms with Crippen LogP contribution in [0.25, 0.3) is 10.8 Å². The molecule has 16 heavy (non-hydrogen) atoms. The number of hydrogen-bond acceptors (Lipinski definition) is 2. The Balaban J connectivity index is 2.16. The zero-order valence-corrected chi connectivity index (χ0v) is 10.6. The number of fused-ring (bicyclic) bond motifs is 5. The van der Waals surface area contributed by atoms with Crippen molar-refractivity contribution in [3.05, 3.63) is 35.4 Å². The summed E-state index contributed by atoms with van der Waals surface area (Å²) in [6, 6.07) is 9.22. The summed E-state index contributed by atoms with van der Waals surface area (Å²) in [7, 11) is 0. The van der Waals surface area contributed by atoms with Gasteiger partial charge >= 0.3 is 0 Å². The minimum Gasteiger partial charge on any atom is -0.126 e. The summed E-state index contributed by atoms with van der Waals surface area (Å²) >= 11 is 4.04. The molecule has 2 aliphatic rings. The first-order valence-electron chi connectivity index (χ1n) is 5.76. The highest BCUT2D eigenvalue weighted by Crippen LogP contribution is 2.42. The van der Waals surface area contributed by atoms with E-state index >= 15 is 0 Å². The van der Waals surface area contributed by atoms with Crippen molar-refractivity contribution in [2.75, 3.05) is 11.5 Å². The van der Waals surface area contributed by atoms with Crippen LogP contribution in [0.15, 0.2) is 34.1 Å². The van der Waals surface area contributed by atoms with Crippen molar-refractivity contribution in [1.82, 2.24) is 0 Å². The molecule has 2 aliphatic heterocycles. The Morgan fingerprint density at radius 2 is 1.31 bits per heavy atom. The molecule has 0 saturated heterocycles. The highest BCUT2D eigenvalue weighted by atomic mass is 32.2. The lowest BCUT2D eigenvalue weighted by Gasteiger charge is -2.09. The third-order valence-corrected chi connectivity index (χ3v) is 5.74. The molecule has 2 heteroatoms. The summed E-state index contributed by atoms with van der Waals surface area (Å²) in [6.45, 7) is 0. The van der Waals surface area contributed by atoms with Crippen LogP contribution in [-0.4, -0.2) is 11.5 Å². The van der Waals surface area contributed by atoms with E-state index in [0.717, 1.165) is 0 Å². The Kier molecular flexibility index (Phi) is 2.03. The van der Waals surface area contributed by atoms with Gasteiger partial charge in [-0.25, -0.2) is 0 Å². The molecular weight excluding hydrogens is 232 g/mol. The Bertz CT molecular complexity index is 538. The van der Waals surface area contributed by atoms with E-state index in [1.165, 1.54) is 39.5 Å². The highest BCUT2D eigenvalue weighted by Gasteiger charge is 2.20. The second kappa shape index (κ2) is 3.44. The van der Waals surface area contributed by atoms with E-state index in [0.29, 0.717) is 0 Å². The molecule has 0 unspecified atom stereocenters. The van der Waals surface area contributed by atoms with Gasteiger partial charge in [-0.1, -0.05) is 12.1 Å². The molecular formula is C14H12S2. The van der Waals surface area contributed by atoms with Gasteiger partial charge in [0, 0.05) is 21.3 Å². The standard InChI is InChI=1S/C14H12S2/c1-3-12-10(5-7-15-12)14-9(1)2-4-13-11(14)6-8-16-13/h1-4H,5-8H2. The molecule has 0 nitrogen and oxygen atoms in total. The number of thioether (sulfide) groups is 2. The first kappa shape index (κ1) is 9.43. The maximum absolute atomic E-state index is 2.31. The second-order valence-corrected chi connectivity index (χ2v) is 6.65. The lowest BCUT2D eigenvalue weighted by atomic mass is 9.96. The van der Waals surface area contributed by atoms with Gasteiger partial charge in [-0.05, 0) is 46.9 Å². The van der Waals surface area contributed by atoms with Crippen molar-refractivity contribution >= 4 is 34.3 Å². The van der Waals surface area contributed by atoms with Gasteiger partial charge < -0.3 is 0 Å². The van der Waals surface area contributed by atoms with Gasteiger partial charge in [0.2, 0.25) is 0 Å². The van der Waals surface area contributed by atoms with Gasteiger partial charge in [0.25, 0.3) is 0 Å². The van der Waals surface area contributed by atoms with Crippen LogP contribution in [0.5, 0.6) is 0 Å². The number of aryl methyl sites for hydroxylation is 2. The van der Waals surface area contributed by atoms with E-state index in [1.54, 1.807) is 16.5 Å². The molecule has 80 valence electrons. The fraction of sp³-hybridized carbons (Fsp3) is 0.286. The molecule has 0 radical (unpaired) electrons. The van der Waals surface area contributed by atoms with E-state index in [-0.39, 0.29) is 0 Å². The summed E-state index contributed by atoms with van der Waals surface area (Å²) in [5.41, 5.74) is 3.25. The maximum Gasteiger partial charge on any atom is 0.0111 e. The third-order valence-electron chi connectivity index (χ3n) is 3.53. The normalized spacial score (nSPS) is 17.8. The topological polar surface area (TPSA) is 0 Å². The Morgan fingerprint density at radius 3 is 1.88 bits per heavy atom. The summed E-state index contributed by atoms with van der Waals surface area (Å²) in [4.78, 5) is 3.05. The molecule has 0 amide bonds. The number of benzene rings is 2. The molecule has 0 fully saturated rings. The predicted molar refractivity (Wildman–Crippen MR) is 72.8 cm³/mol. The smallest absolute Gasteiger partial charge is 0.0111 e. The van der Waals surface area contributed by atoms with Crippen LogP contribution >= 0.6 is 23.5 Å². The molecule has 0 spiro atoms. The SMILES string of the molecule is c1cc2ccc3c(c2c2c1SCC2)CCS3. The minimum atomic E-state index is 1.26. The fourth-order valence-electron chi connectivity index (χ4n) is 2.82. The molecule has 0 aromatic heterocycles. The first-order chi connectivity index (χ1) is 7.93. The van der Waals surface area contributed by atoms with E-state index < -0.39 is 0 Å². The van der Waals surface area contributed by atoms with Gasteiger partial charge in [0.05, 0.1) is 0 Å². The highest BCUT2D eigenvalue weighted by molar-refractivity contribution is 7.99. The summed E-state index contributed by atoms with van der Waals surface area (Å²) in [5.74, 6) is 2.54. The molecule has 0 aliphatic carbocycles.